The van der Waals surface area contributed by atoms with Gasteiger partial charge in [0.25, 0.3) is 0 Å². The lowest BCUT2D eigenvalue weighted by atomic mass is 10.2. The summed E-state index contributed by atoms with van der Waals surface area (Å²) < 4.78 is 7.06. The summed E-state index contributed by atoms with van der Waals surface area (Å²) in [7, 11) is 0. The highest BCUT2D eigenvalue weighted by molar-refractivity contribution is 9.11. The molecule has 0 spiro atoms. The molecule has 0 amide bonds. The third-order valence-corrected chi connectivity index (χ3v) is 5.17. The van der Waals surface area contributed by atoms with E-state index in [9.17, 15) is 0 Å². The molecule has 3 rings (SSSR count). The molecular formula is C15H15BrClNOS. The first-order valence-electron chi connectivity index (χ1n) is 6.60. The fourth-order valence-electron chi connectivity index (χ4n) is 1.96. The maximum atomic E-state index is 6.29. The van der Waals surface area contributed by atoms with Crippen molar-refractivity contribution < 1.29 is 4.74 Å². The van der Waals surface area contributed by atoms with Crippen LogP contribution in [0.5, 0.6) is 5.75 Å². The molecule has 0 atom stereocenters. The van der Waals surface area contributed by atoms with E-state index in [1.165, 1.54) is 17.7 Å². The normalized spacial score (nSPS) is 14.5. The van der Waals surface area contributed by atoms with Gasteiger partial charge < -0.3 is 10.1 Å². The minimum absolute atomic E-state index is 0.576. The van der Waals surface area contributed by atoms with Gasteiger partial charge in [-0.25, -0.2) is 0 Å². The molecule has 1 heterocycles. The number of hydrogen-bond acceptors (Lipinski definition) is 3. The van der Waals surface area contributed by atoms with Gasteiger partial charge in [-0.3, -0.25) is 0 Å². The summed E-state index contributed by atoms with van der Waals surface area (Å²) in [5.74, 6) is 0.871. The predicted molar refractivity (Wildman–Crippen MR) is 87.7 cm³/mol. The average Bonchev–Trinajstić information content (AvgIpc) is 3.17. The van der Waals surface area contributed by atoms with E-state index >= 15 is 0 Å². The van der Waals surface area contributed by atoms with Gasteiger partial charge in [0.1, 0.15) is 12.4 Å². The van der Waals surface area contributed by atoms with E-state index in [1.54, 1.807) is 11.3 Å². The van der Waals surface area contributed by atoms with Crippen molar-refractivity contribution in [2.45, 2.75) is 32.0 Å². The average molecular weight is 373 g/mol. The smallest absolute Gasteiger partial charge is 0.125 e. The topological polar surface area (TPSA) is 21.3 Å². The van der Waals surface area contributed by atoms with Gasteiger partial charge in [-0.05, 0) is 53.0 Å². The van der Waals surface area contributed by atoms with Crippen LogP contribution in [0.2, 0.25) is 5.02 Å². The molecule has 5 heteroatoms. The minimum atomic E-state index is 0.576. The number of thiophene rings is 1. The van der Waals surface area contributed by atoms with Crippen molar-refractivity contribution in [1.82, 2.24) is 5.32 Å². The van der Waals surface area contributed by atoms with Crippen molar-refractivity contribution in [2.75, 3.05) is 0 Å². The third kappa shape index (κ3) is 3.76. The Labute approximate surface area is 136 Å². The van der Waals surface area contributed by atoms with Gasteiger partial charge >= 0.3 is 0 Å². The molecule has 0 aliphatic heterocycles. The number of ether oxygens (including phenoxy) is 1. The van der Waals surface area contributed by atoms with Crippen LogP contribution in [0.4, 0.5) is 0 Å². The second kappa shape index (κ2) is 6.48. The zero-order chi connectivity index (χ0) is 13.9. The molecule has 2 nitrogen and oxygen atoms in total. The van der Waals surface area contributed by atoms with Crippen molar-refractivity contribution >= 4 is 38.9 Å². The van der Waals surface area contributed by atoms with Gasteiger partial charge in [0, 0.05) is 28.0 Å². The predicted octanol–water partition coefficient (Wildman–Crippen LogP) is 5.00. The van der Waals surface area contributed by atoms with Crippen molar-refractivity contribution in [2.24, 2.45) is 0 Å². The molecule has 20 heavy (non-hydrogen) atoms. The summed E-state index contributed by atoms with van der Waals surface area (Å²) in [4.78, 5) is 1.19. The molecule has 106 valence electrons. The fourth-order valence-corrected chi connectivity index (χ4v) is 3.59. The first-order valence-corrected chi connectivity index (χ1v) is 8.59. The van der Waals surface area contributed by atoms with Crippen LogP contribution in [0, 0.1) is 0 Å². The SMILES string of the molecule is Clc1cccc(OCc2ccc(Br)s2)c1CNC1CC1. The van der Waals surface area contributed by atoms with Crippen LogP contribution >= 0.6 is 38.9 Å². The number of halogens is 2. The van der Waals surface area contributed by atoms with E-state index in [2.05, 4.69) is 27.3 Å². The highest BCUT2D eigenvalue weighted by atomic mass is 79.9. The monoisotopic (exact) mass is 371 g/mol. The maximum absolute atomic E-state index is 6.29. The van der Waals surface area contributed by atoms with Crippen molar-refractivity contribution in [3.05, 3.63) is 49.6 Å². The fraction of sp³-hybridized carbons (Fsp3) is 0.333. The maximum Gasteiger partial charge on any atom is 0.125 e. The molecule has 1 fully saturated rings. The zero-order valence-electron chi connectivity index (χ0n) is 10.9. The Kier molecular flexibility index (Phi) is 4.66. The van der Waals surface area contributed by atoms with Gasteiger partial charge in [0.05, 0.1) is 3.79 Å². The van der Waals surface area contributed by atoms with Crippen LogP contribution in [0.3, 0.4) is 0 Å². The minimum Gasteiger partial charge on any atom is -0.488 e. The van der Waals surface area contributed by atoms with E-state index < -0.39 is 0 Å². The second-order valence-electron chi connectivity index (χ2n) is 4.87. The molecule has 2 aromatic rings. The number of rotatable bonds is 6. The lowest BCUT2D eigenvalue weighted by Gasteiger charge is -2.13. The van der Waals surface area contributed by atoms with E-state index in [-0.39, 0.29) is 0 Å². The van der Waals surface area contributed by atoms with E-state index in [0.717, 1.165) is 26.7 Å². The summed E-state index contributed by atoms with van der Waals surface area (Å²) in [6.45, 7) is 1.35. The van der Waals surface area contributed by atoms with Crippen molar-refractivity contribution in [1.29, 1.82) is 0 Å². The van der Waals surface area contributed by atoms with Gasteiger partial charge in [-0.2, -0.15) is 0 Å². The van der Waals surface area contributed by atoms with Gasteiger partial charge in [0.2, 0.25) is 0 Å². The molecule has 1 aliphatic rings. The Morgan fingerprint density at radius 1 is 1.30 bits per heavy atom. The lowest BCUT2D eigenvalue weighted by molar-refractivity contribution is 0.305. The largest absolute Gasteiger partial charge is 0.488 e. The Hall–Kier alpha value is -0.550. The van der Waals surface area contributed by atoms with Crippen LogP contribution in [0.15, 0.2) is 34.1 Å². The highest BCUT2D eigenvalue weighted by Gasteiger charge is 2.21. The van der Waals surface area contributed by atoms with Crippen molar-refractivity contribution in [3.8, 4) is 5.75 Å². The van der Waals surface area contributed by atoms with E-state index in [0.29, 0.717) is 12.6 Å². The molecule has 1 N–H and O–H groups in total. The first-order chi connectivity index (χ1) is 9.72. The Balaban J connectivity index is 1.68. The third-order valence-electron chi connectivity index (χ3n) is 3.22. The van der Waals surface area contributed by atoms with Crippen molar-refractivity contribution in [3.63, 3.8) is 0 Å². The summed E-state index contributed by atoms with van der Waals surface area (Å²) in [6, 6.07) is 10.6. The van der Waals surface area contributed by atoms with Gasteiger partial charge in [-0.15, -0.1) is 11.3 Å². The molecule has 1 saturated carbocycles. The van der Waals surface area contributed by atoms with Crippen LogP contribution in [-0.2, 0) is 13.2 Å². The second-order valence-corrected chi connectivity index (χ2v) is 7.82. The van der Waals surface area contributed by atoms with Gasteiger partial charge in [-0.1, -0.05) is 17.7 Å². The quantitative estimate of drug-likeness (QED) is 0.771. The molecule has 1 aromatic carbocycles. The van der Waals surface area contributed by atoms with E-state index in [1.807, 2.05) is 24.3 Å². The molecular weight excluding hydrogens is 358 g/mol. The molecule has 0 radical (unpaired) electrons. The summed E-state index contributed by atoms with van der Waals surface area (Å²) in [6.07, 6.45) is 2.54. The standard InChI is InChI=1S/C15H15BrClNOS/c16-15-7-6-11(20-15)9-19-14-3-1-2-13(17)12(14)8-18-10-4-5-10/h1-3,6-7,10,18H,4-5,8-9H2. The summed E-state index contributed by atoms with van der Waals surface area (Å²) in [5.41, 5.74) is 1.05. The Morgan fingerprint density at radius 2 is 2.15 bits per heavy atom. The Morgan fingerprint density at radius 3 is 2.85 bits per heavy atom. The molecule has 0 bridgehead atoms. The molecule has 0 saturated heterocycles. The number of benzene rings is 1. The van der Waals surface area contributed by atoms with Gasteiger partial charge in [0.15, 0.2) is 0 Å². The van der Waals surface area contributed by atoms with Crippen LogP contribution < -0.4 is 10.1 Å². The van der Waals surface area contributed by atoms with Crippen LogP contribution in [-0.4, -0.2) is 6.04 Å². The lowest BCUT2D eigenvalue weighted by Crippen LogP contribution is -2.16. The number of nitrogens with one attached hydrogen (secondary N) is 1. The molecule has 1 aromatic heterocycles. The Bertz CT molecular complexity index is 597. The van der Waals surface area contributed by atoms with Crippen LogP contribution in [0.25, 0.3) is 0 Å². The zero-order valence-corrected chi connectivity index (χ0v) is 14.0. The molecule has 0 unspecified atom stereocenters. The van der Waals surface area contributed by atoms with Crippen LogP contribution in [0.1, 0.15) is 23.3 Å². The first kappa shape index (κ1) is 14.4. The van der Waals surface area contributed by atoms with E-state index in [4.69, 9.17) is 16.3 Å². The summed E-state index contributed by atoms with van der Waals surface area (Å²) in [5, 5.41) is 4.25. The summed E-state index contributed by atoms with van der Waals surface area (Å²) >= 11 is 11.4. The number of hydrogen-bond donors (Lipinski definition) is 1. The highest BCUT2D eigenvalue weighted by Crippen LogP contribution is 2.30. The molecule has 1 aliphatic carbocycles.